The van der Waals surface area contributed by atoms with Gasteiger partial charge < -0.3 is 15.5 Å². The molecule has 0 bridgehead atoms. The molecular weight excluding hydrogens is 347 g/mol. The van der Waals surface area contributed by atoms with Gasteiger partial charge in [-0.3, -0.25) is 0 Å². The van der Waals surface area contributed by atoms with Gasteiger partial charge in [-0.2, -0.15) is 13.2 Å². The smallest absolute Gasteiger partial charge is 0.351 e. The number of nitrogens with one attached hydrogen (secondary N) is 2. The van der Waals surface area contributed by atoms with Gasteiger partial charge in [0.05, 0.1) is 0 Å². The fourth-order valence-corrected chi connectivity index (χ4v) is 2.72. The average molecular weight is 365 g/mol. The lowest BCUT2D eigenvalue weighted by molar-refractivity contribution is -0.141. The van der Waals surface area contributed by atoms with Crippen molar-refractivity contribution in [1.82, 2.24) is 14.9 Å². The molecule has 1 aliphatic heterocycles. The van der Waals surface area contributed by atoms with Crippen LogP contribution in [0.25, 0.3) is 0 Å². The number of halogens is 3. The number of piperidine rings is 1. The van der Waals surface area contributed by atoms with Gasteiger partial charge in [-0.15, -0.1) is 0 Å². The first-order valence-corrected chi connectivity index (χ1v) is 8.19. The van der Waals surface area contributed by atoms with E-state index in [2.05, 4.69) is 20.6 Å². The van der Waals surface area contributed by atoms with Crippen molar-refractivity contribution in [3.05, 3.63) is 48.3 Å². The van der Waals surface area contributed by atoms with Gasteiger partial charge in [-0.1, -0.05) is 18.2 Å². The number of hydrogen-bond acceptors (Lipinski definition) is 4. The highest BCUT2D eigenvalue weighted by atomic mass is 19.4. The molecule has 1 aliphatic rings. The summed E-state index contributed by atoms with van der Waals surface area (Å²) in [5.41, 5.74) is -0.259. The first-order valence-electron chi connectivity index (χ1n) is 8.19. The number of anilines is 2. The van der Waals surface area contributed by atoms with Crippen LogP contribution in [-0.4, -0.2) is 40.0 Å². The predicted octanol–water partition coefficient (Wildman–Crippen LogP) is 3.60. The van der Waals surface area contributed by atoms with Gasteiger partial charge in [-0.25, -0.2) is 14.8 Å². The summed E-state index contributed by atoms with van der Waals surface area (Å²) in [6.07, 6.45) is -2.22. The van der Waals surface area contributed by atoms with Crippen LogP contribution in [0.15, 0.2) is 42.6 Å². The van der Waals surface area contributed by atoms with E-state index in [9.17, 15) is 18.0 Å². The van der Waals surface area contributed by atoms with Crippen LogP contribution in [-0.2, 0) is 6.18 Å². The molecule has 9 heteroatoms. The zero-order valence-electron chi connectivity index (χ0n) is 13.8. The lowest BCUT2D eigenvalue weighted by atomic mass is 10.1. The normalized spacial score (nSPS) is 15.6. The van der Waals surface area contributed by atoms with E-state index in [1.54, 1.807) is 17.0 Å². The molecule has 2 heterocycles. The predicted molar refractivity (Wildman–Crippen MR) is 90.7 cm³/mol. The minimum atomic E-state index is -4.50. The molecule has 6 nitrogen and oxygen atoms in total. The molecule has 0 unspecified atom stereocenters. The maximum Gasteiger partial charge on any atom is 0.433 e. The van der Waals surface area contributed by atoms with Gasteiger partial charge in [0.1, 0.15) is 5.69 Å². The molecule has 0 spiro atoms. The molecule has 0 radical (unpaired) electrons. The number of amides is 2. The van der Waals surface area contributed by atoms with E-state index >= 15 is 0 Å². The maximum atomic E-state index is 12.7. The van der Waals surface area contributed by atoms with Crippen LogP contribution in [0.2, 0.25) is 0 Å². The van der Waals surface area contributed by atoms with Crippen LogP contribution in [0.5, 0.6) is 0 Å². The topological polar surface area (TPSA) is 70.2 Å². The van der Waals surface area contributed by atoms with Gasteiger partial charge >= 0.3 is 12.2 Å². The van der Waals surface area contributed by atoms with Gasteiger partial charge in [0.25, 0.3) is 0 Å². The van der Waals surface area contributed by atoms with Crippen molar-refractivity contribution in [3.8, 4) is 0 Å². The number of aromatic nitrogens is 2. The van der Waals surface area contributed by atoms with Crippen molar-refractivity contribution < 1.29 is 18.0 Å². The van der Waals surface area contributed by atoms with E-state index in [0.29, 0.717) is 25.9 Å². The number of urea groups is 1. The molecule has 26 heavy (non-hydrogen) atoms. The molecule has 1 saturated heterocycles. The summed E-state index contributed by atoms with van der Waals surface area (Å²) >= 11 is 0. The highest BCUT2D eigenvalue weighted by Crippen LogP contribution is 2.27. The number of carbonyl (C=O) groups is 1. The highest BCUT2D eigenvalue weighted by molar-refractivity contribution is 5.89. The van der Waals surface area contributed by atoms with E-state index in [0.717, 1.165) is 18.0 Å². The molecule has 138 valence electrons. The molecule has 0 saturated carbocycles. The molecule has 1 aromatic heterocycles. The van der Waals surface area contributed by atoms with Gasteiger partial charge in [0.15, 0.2) is 0 Å². The molecule has 2 aromatic rings. The average Bonchev–Trinajstić information content (AvgIpc) is 2.63. The summed E-state index contributed by atoms with van der Waals surface area (Å²) in [5, 5.41) is 5.74. The standard InChI is InChI=1S/C17H18F3N5O/c18-17(19,20)14-6-9-21-15(24-14)22-13-7-10-25(11-8-13)16(26)23-12-4-2-1-3-5-12/h1-6,9,13H,7-8,10-11H2,(H,23,26)(H,21,22,24). The van der Waals surface area contributed by atoms with E-state index in [-0.39, 0.29) is 18.0 Å². The van der Waals surface area contributed by atoms with Gasteiger partial charge in [0.2, 0.25) is 5.95 Å². The third-order valence-corrected chi connectivity index (χ3v) is 4.09. The number of likely N-dealkylation sites (tertiary alicyclic amines) is 1. The Labute approximate surface area is 148 Å². The van der Waals surface area contributed by atoms with E-state index in [1.807, 2.05) is 18.2 Å². The molecule has 0 aliphatic carbocycles. The summed E-state index contributed by atoms with van der Waals surface area (Å²) in [4.78, 5) is 21.3. The first-order chi connectivity index (χ1) is 12.4. The quantitative estimate of drug-likeness (QED) is 0.872. The largest absolute Gasteiger partial charge is 0.433 e. The number of para-hydroxylation sites is 1. The SMILES string of the molecule is O=C(Nc1ccccc1)N1CCC(Nc2nccc(C(F)(F)F)n2)CC1. The molecular formula is C17H18F3N5O. The monoisotopic (exact) mass is 365 g/mol. The number of alkyl halides is 3. The lowest BCUT2D eigenvalue weighted by Crippen LogP contribution is -2.44. The number of hydrogen-bond donors (Lipinski definition) is 2. The summed E-state index contributed by atoms with van der Waals surface area (Å²) in [5.74, 6) is -0.0491. The van der Waals surface area contributed by atoms with Crippen molar-refractivity contribution in [2.45, 2.75) is 25.1 Å². The Morgan fingerprint density at radius 1 is 1.12 bits per heavy atom. The van der Waals surface area contributed by atoms with Crippen molar-refractivity contribution in [2.24, 2.45) is 0 Å². The van der Waals surface area contributed by atoms with Crippen molar-refractivity contribution in [3.63, 3.8) is 0 Å². The second-order valence-electron chi connectivity index (χ2n) is 5.97. The van der Waals surface area contributed by atoms with Crippen molar-refractivity contribution >= 4 is 17.7 Å². The highest BCUT2D eigenvalue weighted by Gasteiger charge is 2.33. The number of carbonyl (C=O) groups excluding carboxylic acids is 1. The number of benzene rings is 1. The molecule has 1 aromatic carbocycles. The van der Waals surface area contributed by atoms with Gasteiger partial charge in [-0.05, 0) is 31.0 Å². The summed E-state index contributed by atoms with van der Waals surface area (Å²) in [6, 6.07) is 9.70. The summed E-state index contributed by atoms with van der Waals surface area (Å²) < 4.78 is 38.1. The van der Waals surface area contributed by atoms with E-state index < -0.39 is 11.9 Å². The second-order valence-corrected chi connectivity index (χ2v) is 5.97. The Bertz CT molecular complexity index is 746. The summed E-state index contributed by atoms with van der Waals surface area (Å²) in [6.45, 7) is 0.991. The van der Waals surface area contributed by atoms with Crippen LogP contribution in [0.3, 0.4) is 0 Å². The number of nitrogens with zero attached hydrogens (tertiary/aromatic N) is 3. The van der Waals surface area contributed by atoms with Gasteiger partial charge in [0, 0.05) is 31.0 Å². The Hall–Kier alpha value is -2.84. The fourth-order valence-electron chi connectivity index (χ4n) is 2.72. The van der Waals surface area contributed by atoms with Crippen molar-refractivity contribution in [1.29, 1.82) is 0 Å². The third-order valence-electron chi connectivity index (χ3n) is 4.09. The third kappa shape index (κ3) is 4.62. The molecule has 1 fully saturated rings. The maximum absolute atomic E-state index is 12.7. The van der Waals surface area contributed by atoms with Crippen LogP contribution in [0, 0.1) is 0 Å². The first kappa shape index (κ1) is 18.0. The number of rotatable bonds is 3. The minimum Gasteiger partial charge on any atom is -0.351 e. The lowest BCUT2D eigenvalue weighted by Gasteiger charge is -2.32. The zero-order valence-corrected chi connectivity index (χ0v) is 13.8. The minimum absolute atomic E-state index is 0.0491. The Morgan fingerprint density at radius 3 is 2.46 bits per heavy atom. The Kier molecular flexibility index (Phi) is 5.24. The van der Waals surface area contributed by atoms with Crippen LogP contribution < -0.4 is 10.6 Å². The second kappa shape index (κ2) is 7.59. The molecule has 2 amide bonds. The molecule has 0 atom stereocenters. The Morgan fingerprint density at radius 2 is 1.81 bits per heavy atom. The molecule has 2 N–H and O–H groups in total. The van der Waals surface area contributed by atoms with Crippen LogP contribution in [0.4, 0.5) is 29.6 Å². The fraction of sp³-hybridized carbons (Fsp3) is 0.353. The summed E-state index contributed by atoms with van der Waals surface area (Å²) in [7, 11) is 0. The van der Waals surface area contributed by atoms with Crippen molar-refractivity contribution in [2.75, 3.05) is 23.7 Å². The molecule has 3 rings (SSSR count). The Balaban J connectivity index is 1.52. The van der Waals surface area contributed by atoms with E-state index in [1.165, 1.54) is 0 Å². The van der Waals surface area contributed by atoms with Crippen LogP contribution in [0.1, 0.15) is 18.5 Å². The van der Waals surface area contributed by atoms with Crippen LogP contribution >= 0.6 is 0 Å². The zero-order chi connectivity index (χ0) is 18.6. The van der Waals surface area contributed by atoms with E-state index in [4.69, 9.17) is 0 Å².